The van der Waals surface area contributed by atoms with E-state index in [2.05, 4.69) is 102 Å². The first-order valence-electron chi connectivity index (χ1n) is 15.3. The molecule has 0 saturated carbocycles. The van der Waals surface area contributed by atoms with Gasteiger partial charge in [0.05, 0.1) is 0 Å². The quantitative estimate of drug-likeness (QED) is 0.199. The maximum absolute atomic E-state index is 6.46. The molecule has 0 aliphatic heterocycles. The SMILES string of the molecule is c1ccc(-c2nc3ccc4ccc(N(c5ccc6c(c5)oc5ccccc56)c5ccc6sc7ccccc7c6c5)cc4c3o2)cc1. The fourth-order valence-corrected chi connectivity index (χ4v) is 7.78. The molecule has 10 aromatic rings. The summed E-state index contributed by atoms with van der Waals surface area (Å²) in [6, 6.07) is 50.9. The van der Waals surface area contributed by atoms with Crippen molar-refractivity contribution in [3.63, 3.8) is 0 Å². The van der Waals surface area contributed by atoms with Crippen LogP contribution in [-0.4, -0.2) is 4.98 Å². The molecular weight excluding hydrogens is 585 g/mol. The molecule has 7 aromatic carbocycles. The number of benzene rings is 7. The summed E-state index contributed by atoms with van der Waals surface area (Å²) in [5.74, 6) is 0.621. The van der Waals surface area contributed by atoms with Crippen LogP contribution in [0.3, 0.4) is 0 Å². The second kappa shape index (κ2) is 9.80. The first kappa shape index (κ1) is 25.4. The molecule has 46 heavy (non-hydrogen) atoms. The number of hydrogen-bond donors (Lipinski definition) is 0. The van der Waals surface area contributed by atoms with Crippen molar-refractivity contribution in [2.45, 2.75) is 0 Å². The summed E-state index contributed by atoms with van der Waals surface area (Å²) in [4.78, 5) is 7.16. The summed E-state index contributed by atoms with van der Waals surface area (Å²) in [6.45, 7) is 0. The Hall–Kier alpha value is -5.91. The minimum absolute atomic E-state index is 0.621. The highest BCUT2D eigenvalue weighted by Gasteiger charge is 2.19. The molecule has 0 atom stereocenters. The molecule has 0 bridgehead atoms. The van der Waals surface area contributed by atoms with Gasteiger partial charge in [0.15, 0.2) is 5.58 Å². The number of hydrogen-bond acceptors (Lipinski definition) is 5. The van der Waals surface area contributed by atoms with Crippen molar-refractivity contribution in [2.75, 3.05) is 4.90 Å². The van der Waals surface area contributed by atoms with Crippen molar-refractivity contribution in [1.29, 1.82) is 0 Å². The van der Waals surface area contributed by atoms with Crippen molar-refractivity contribution in [3.8, 4) is 11.5 Å². The van der Waals surface area contributed by atoms with Gasteiger partial charge in [-0.2, -0.15) is 0 Å². The van der Waals surface area contributed by atoms with Gasteiger partial charge in [0, 0.05) is 65.0 Å². The molecule has 5 heteroatoms. The molecule has 0 fully saturated rings. The number of thiophene rings is 1. The minimum atomic E-state index is 0.621. The third-order valence-electron chi connectivity index (χ3n) is 8.87. The zero-order chi connectivity index (χ0) is 30.2. The van der Waals surface area contributed by atoms with E-state index in [0.717, 1.165) is 66.4 Å². The van der Waals surface area contributed by atoms with Gasteiger partial charge in [0.25, 0.3) is 0 Å². The van der Waals surface area contributed by atoms with E-state index >= 15 is 0 Å². The molecule has 0 aliphatic rings. The van der Waals surface area contributed by atoms with Crippen LogP contribution in [0.25, 0.3) is 75.4 Å². The van der Waals surface area contributed by atoms with Crippen LogP contribution < -0.4 is 4.90 Å². The Morgan fingerprint density at radius 2 is 1.15 bits per heavy atom. The van der Waals surface area contributed by atoms with Crippen molar-refractivity contribution < 1.29 is 8.83 Å². The maximum atomic E-state index is 6.46. The van der Waals surface area contributed by atoms with E-state index in [-0.39, 0.29) is 0 Å². The average molecular weight is 609 g/mol. The molecule has 0 aliphatic carbocycles. The molecule has 0 spiro atoms. The molecular formula is C41H24N2O2S. The first-order valence-corrected chi connectivity index (χ1v) is 16.1. The molecule has 216 valence electrons. The minimum Gasteiger partial charge on any atom is -0.456 e. The monoisotopic (exact) mass is 608 g/mol. The Labute approximate surface area is 267 Å². The number of oxazole rings is 1. The van der Waals surface area contributed by atoms with Gasteiger partial charge in [-0.3, -0.25) is 0 Å². The molecule has 0 amide bonds. The fourth-order valence-electron chi connectivity index (χ4n) is 6.69. The van der Waals surface area contributed by atoms with E-state index in [1.165, 1.54) is 20.2 Å². The van der Waals surface area contributed by atoms with Crippen LogP contribution in [0.15, 0.2) is 154 Å². The summed E-state index contributed by atoms with van der Waals surface area (Å²) < 4.78 is 15.4. The van der Waals surface area contributed by atoms with Gasteiger partial charge in [0.1, 0.15) is 16.7 Å². The third-order valence-corrected chi connectivity index (χ3v) is 10.0. The average Bonchev–Trinajstić information content (AvgIpc) is 3.82. The van der Waals surface area contributed by atoms with Gasteiger partial charge in [-0.15, -0.1) is 11.3 Å². The van der Waals surface area contributed by atoms with Crippen molar-refractivity contribution in [2.24, 2.45) is 0 Å². The van der Waals surface area contributed by atoms with Gasteiger partial charge in [-0.05, 0) is 78.2 Å². The van der Waals surface area contributed by atoms with Crippen molar-refractivity contribution >= 4 is 92.4 Å². The molecule has 3 aromatic heterocycles. The van der Waals surface area contributed by atoms with Gasteiger partial charge in [-0.25, -0.2) is 4.98 Å². The lowest BCUT2D eigenvalue weighted by molar-refractivity contribution is 0.623. The summed E-state index contributed by atoms with van der Waals surface area (Å²) in [6.07, 6.45) is 0. The van der Waals surface area contributed by atoms with Crippen LogP contribution in [0.1, 0.15) is 0 Å². The number of para-hydroxylation sites is 1. The Morgan fingerprint density at radius 1 is 0.478 bits per heavy atom. The van der Waals surface area contributed by atoms with Crippen LogP contribution in [-0.2, 0) is 0 Å². The Kier molecular flexibility index (Phi) is 5.41. The van der Waals surface area contributed by atoms with E-state index in [1.807, 2.05) is 59.9 Å². The number of aromatic nitrogens is 1. The number of nitrogens with zero attached hydrogens (tertiary/aromatic N) is 2. The van der Waals surface area contributed by atoms with Crippen molar-refractivity contribution in [3.05, 3.63) is 146 Å². The zero-order valence-electron chi connectivity index (χ0n) is 24.5. The number of rotatable bonds is 4. The van der Waals surface area contributed by atoms with Gasteiger partial charge in [-0.1, -0.05) is 66.7 Å². The highest BCUT2D eigenvalue weighted by atomic mass is 32.1. The number of furan rings is 1. The van der Waals surface area contributed by atoms with Crippen LogP contribution in [0.2, 0.25) is 0 Å². The topological polar surface area (TPSA) is 42.4 Å². The first-order chi connectivity index (χ1) is 22.8. The highest BCUT2D eigenvalue weighted by Crippen LogP contribution is 2.43. The maximum Gasteiger partial charge on any atom is 0.227 e. The molecule has 0 saturated heterocycles. The summed E-state index contributed by atoms with van der Waals surface area (Å²) in [7, 11) is 0. The smallest absolute Gasteiger partial charge is 0.227 e. The van der Waals surface area contributed by atoms with Crippen LogP contribution in [0.4, 0.5) is 17.1 Å². The molecule has 4 nitrogen and oxygen atoms in total. The largest absolute Gasteiger partial charge is 0.456 e. The highest BCUT2D eigenvalue weighted by molar-refractivity contribution is 7.25. The number of anilines is 3. The lowest BCUT2D eigenvalue weighted by atomic mass is 10.1. The third kappa shape index (κ3) is 3.89. The number of fused-ring (bicyclic) bond motifs is 9. The van der Waals surface area contributed by atoms with Gasteiger partial charge in [0.2, 0.25) is 5.89 Å². The second-order valence-corrected chi connectivity index (χ2v) is 12.7. The lowest BCUT2D eigenvalue weighted by Crippen LogP contribution is -2.09. The van der Waals surface area contributed by atoms with E-state index < -0.39 is 0 Å². The Morgan fingerprint density at radius 3 is 2.07 bits per heavy atom. The van der Waals surface area contributed by atoms with E-state index in [9.17, 15) is 0 Å². The summed E-state index contributed by atoms with van der Waals surface area (Å²) >= 11 is 1.83. The predicted octanol–water partition coefficient (Wildman–Crippen LogP) is 12.4. The Balaban J connectivity index is 1.21. The van der Waals surface area contributed by atoms with Crippen LogP contribution in [0, 0.1) is 0 Å². The lowest BCUT2D eigenvalue weighted by Gasteiger charge is -2.26. The van der Waals surface area contributed by atoms with E-state index in [4.69, 9.17) is 13.8 Å². The van der Waals surface area contributed by atoms with E-state index in [0.29, 0.717) is 5.89 Å². The van der Waals surface area contributed by atoms with Crippen LogP contribution in [0.5, 0.6) is 0 Å². The molecule has 10 rings (SSSR count). The predicted molar refractivity (Wildman–Crippen MR) is 192 cm³/mol. The summed E-state index contributed by atoms with van der Waals surface area (Å²) in [5, 5.41) is 6.86. The molecule has 0 unspecified atom stereocenters. The zero-order valence-corrected chi connectivity index (χ0v) is 25.3. The van der Waals surface area contributed by atoms with Crippen molar-refractivity contribution in [1.82, 2.24) is 4.98 Å². The van der Waals surface area contributed by atoms with Gasteiger partial charge < -0.3 is 13.7 Å². The summed E-state index contributed by atoms with van der Waals surface area (Å²) in [5.41, 5.74) is 7.43. The van der Waals surface area contributed by atoms with E-state index in [1.54, 1.807) is 0 Å². The Bertz CT molecular complexity index is 2770. The van der Waals surface area contributed by atoms with Crippen LogP contribution >= 0.6 is 11.3 Å². The molecule has 0 radical (unpaired) electrons. The standard InChI is InChI=1S/C41H24N2O2S/c1-2-8-26(9-3-1)41-42-35-20-15-25-14-16-27(22-33(25)40(35)45-41)43(28-18-21-39-34(23-28)32-11-5-7-13-38(32)46-39)29-17-19-31-30-10-4-6-12-36(30)44-37(31)24-29/h1-24H. The second-order valence-electron chi connectivity index (χ2n) is 11.6. The molecule has 0 N–H and O–H groups in total. The fraction of sp³-hybridized carbons (Fsp3) is 0. The normalized spacial score (nSPS) is 11.9. The molecule has 3 heterocycles. The van der Waals surface area contributed by atoms with Gasteiger partial charge >= 0.3 is 0 Å².